The Morgan fingerprint density at radius 1 is 1.12 bits per heavy atom. The van der Waals surface area contributed by atoms with Gasteiger partial charge in [0.2, 0.25) is 10.0 Å². The molecule has 1 aromatic heterocycles. The predicted octanol–water partition coefficient (Wildman–Crippen LogP) is 2.88. The summed E-state index contributed by atoms with van der Waals surface area (Å²) in [7, 11) is -1.97. The summed E-state index contributed by atoms with van der Waals surface area (Å²) in [6, 6.07) is 11.1. The summed E-state index contributed by atoms with van der Waals surface area (Å²) in [5.41, 5.74) is 0.526. The van der Waals surface area contributed by atoms with Crippen LogP contribution in [0.15, 0.2) is 65.8 Å². The van der Waals surface area contributed by atoms with Gasteiger partial charge in [0.15, 0.2) is 0 Å². The van der Waals surface area contributed by atoms with E-state index in [1.807, 2.05) is 13.8 Å². The Bertz CT molecular complexity index is 1270. The van der Waals surface area contributed by atoms with Gasteiger partial charge < -0.3 is 14.6 Å². The fraction of sp³-hybridized carbons (Fsp3) is 0.333. The normalized spacial score (nSPS) is 20.1. The fourth-order valence-corrected chi connectivity index (χ4v) is 5.71. The van der Waals surface area contributed by atoms with E-state index in [4.69, 9.17) is 4.74 Å². The van der Waals surface area contributed by atoms with Crippen molar-refractivity contribution in [2.24, 2.45) is 7.05 Å². The van der Waals surface area contributed by atoms with Crippen LogP contribution in [-0.4, -0.2) is 53.5 Å². The molecule has 0 spiro atoms. The number of rotatable bonds is 6. The van der Waals surface area contributed by atoms with Crippen molar-refractivity contribution in [3.05, 3.63) is 83.7 Å². The molecular formula is C24H27FN4O4S. The number of carbonyl (C=O) groups is 1. The van der Waals surface area contributed by atoms with Crippen LogP contribution in [0, 0.1) is 5.82 Å². The van der Waals surface area contributed by atoms with Gasteiger partial charge in [0, 0.05) is 43.7 Å². The molecule has 0 unspecified atom stereocenters. The third-order valence-electron chi connectivity index (χ3n) is 5.75. The van der Waals surface area contributed by atoms with Crippen LogP contribution in [0.5, 0.6) is 0 Å². The van der Waals surface area contributed by atoms with Gasteiger partial charge in [-0.15, -0.1) is 0 Å². The zero-order chi connectivity index (χ0) is 24.5. The Balaban J connectivity index is 1.57. The Morgan fingerprint density at radius 3 is 2.35 bits per heavy atom. The molecule has 1 aliphatic rings. The second-order valence-corrected chi connectivity index (χ2v) is 10.4. The average molecular weight is 487 g/mol. The van der Waals surface area contributed by atoms with E-state index >= 15 is 0 Å². The molecule has 8 nitrogen and oxygen atoms in total. The first-order valence-electron chi connectivity index (χ1n) is 10.9. The summed E-state index contributed by atoms with van der Waals surface area (Å²) >= 11 is 0. The molecule has 0 saturated carbocycles. The number of morpholine rings is 1. The predicted molar refractivity (Wildman–Crippen MR) is 124 cm³/mol. The first-order chi connectivity index (χ1) is 16.2. The number of nitrogens with one attached hydrogen (secondary N) is 1. The van der Waals surface area contributed by atoms with Crippen molar-refractivity contribution in [2.45, 2.75) is 37.0 Å². The van der Waals surface area contributed by atoms with E-state index in [2.05, 4.69) is 10.3 Å². The number of nitrogens with zero attached hydrogens (tertiary/aromatic N) is 3. The fourth-order valence-electron chi connectivity index (χ4n) is 4.11. The largest absolute Gasteiger partial charge is 0.373 e. The van der Waals surface area contributed by atoms with E-state index in [0.29, 0.717) is 5.82 Å². The number of ether oxygens (including phenoxy) is 1. The van der Waals surface area contributed by atoms with Gasteiger partial charge in [0.25, 0.3) is 5.91 Å². The van der Waals surface area contributed by atoms with Crippen LogP contribution in [0.25, 0.3) is 0 Å². The zero-order valence-corrected chi connectivity index (χ0v) is 20.0. The van der Waals surface area contributed by atoms with Gasteiger partial charge in [-0.05, 0) is 44.2 Å². The van der Waals surface area contributed by atoms with Crippen LogP contribution in [0.1, 0.15) is 41.6 Å². The molecule has 1 N–H and O–H groups in total. The van der Waals surface area contributed by atoms with E-state index in [0.717, 1.165) is 0 Å². The highest BCUT2D eigenvalue weighted by atomic mass is 32.2. The summed E-state index contributed by atoms with van der Waals surface area (Å²) in [5.74, 6) is -0.478. The summed E-state index contributed by atoms with van der Waals surface area (Å²) < 4.78 is 49.4. The molecule has 1 amide bonds. The highest BCUT2D eigenvalue weighted by Gasteiger charge is 2.32. The van der Waals surface area contributed by atoms with Crippen LogP contribution in [0.4, 0.5) is 4.39 Å². The summed E-state index contributed by atoms with van der Waals surface area (Å²) in [6.07, 6.45) is 2.88. The third kappa shape index (κ3) is 4.89. The van der Waals surface area contributed by atoms with Gasteiger partial charge >= 0.3 is 0 Å². The Kier molecular flexibility index (Phi) is 6.83. The molecule has 180 valence electrons. The highest BCUT2D eigenvalue weighted by molar-refractivity contribution is 7.89. The Hall–Kier alpha value is -3.08. The lowest BCUT2D eigenvalue weighted by molar-refractivity contribution is -0.0440. The van der Waals surface area contributed by atoms with Gasteiger partial charge in [0.05, 0.1) is 17.1 Å². The van der Waals surface area contributed by atoms with Crippen LogP contribution < -0.4 is 5.32 Å². The summed E-state index contributed by atoms with van der Waals surface area (Å²) in [4.78, 5) is 17.4. The van der Waals surface area contributed by atoms with E-state index in [1.54, 1.807) is 42.2 Å². The number of hydrogen-bond acceptors (Lipinski definition) is 5. The molecule has 0 aliphatic carbocycles. The molecule has 10 heteroatoms. The van der Waals surface area contributed by atoms with Crippen molar-refractivity contribution in [3.8, 4) is 0 Å². The molecule has 3 atom stereocenters. The van der Waals surface area contributed by atoms with Gasteiger partial charge in [-0.2, -0.15) is 4.31 Å². The van der Waals surface area contributed by atoms with E-state index in [-0.39, 0.29) is 41.3 Å². The first-order valence-corrected chi connectivity index (χ1v) is 12.4. The molecule has 34 heavy (non-hydrogen) atoms. The van der Waals surface area contributed by atoms with E-state index < -0.39 is 27.8 Å². The standard InChI is InChI=1S/C24H27FN4O4S/c1-16-14-29(15-17(2)33-16)34(31,32)19-10-8-18(9-11-19)24(30)27-22(23-26-12-13-28(23)3)20-6-4-5-7-21(20)25/h4-13,16-17,22H,14-15H2,1-3H3,(H,27,30)/t16-,17-,22-/m1/s1. The maximum Gasteiger partial charge on any atom is 0.252 e. The monoisotopic (exact) mass is 486 g/mol. The van der Waals surface area contributed by atoms with Crippen LogP contribution in [-0.2, 0) is 21.8 Å². The minimum absolute atomic E-state index is 0.0973. The number of hydrogen-bond donors (Lipinski definition) is 1. The molecule has 0 bridgehead atoms. The quantitative estimate of drug-likeness (QED) is 0.578. The molecule has 2 aromatic carbocycles. The zero-order valence-electron chi connectivity index (χ0n) is 19.2. The number of halogens is 1. The smallest absolute Gasteiger partial charge is 0.252 e. The number of imidazole rings is 1. The molecule has 3 aromatic rings. The summed E-state index contributed by atoms with van der Waals surface area (Å²) in [6.45, 7) is 4.20. The third-order valence-corrected chi connectivity index (χ3v) is 7.59. The molecule has 0 radical (unpaired) electrons. The van der Waals surface area contributed by atoms with Gasteiger partial charge in [-0.1, -0.05) is 18.2 Å². The number of sulfonamides is 1. The topological polar surface area (TPSA) is 93.5 Å². The second-order valence-electron chi connectivity index (χ2n) is 8.43. The van der Waals surface area contributed by atoms with Crippen molar-refractivity contribution in [1.82, 2.24) is 19.2 Å². The minimum Gasteiger partial charge on any atom is -0.373 e. The summed E-state index contributed by atoms with van der Waals surface area (Å²) in [5, 5.41) is 2.83. The second kappa shape index (κ2) is 9.65. The molecule has 2 heterocycles. The van der Waals surface area contributed by atoms with Gasteiger partial charge in [-0.3, -0.25) is 4.79 Å². The number of benzene rings is 2. The number of aryl methyl sites for hydroxylation is 1. The lowest BCUT2D eigenvalue weighted by Gasteiger charge is -2.34. The minimum atomic E-state index is -3.72. The van der Waals surface area contributed by atoms with Crippen LogP contribution in [0.3, 0.4) is 0 Å². The van der Waals surface area contributed by atoms with Crippen molar-refractivity contribution < 1.29 is 22.3 Å². The molecule has 1 fully saturated rings. The molecule has 1 saturated heterocycles. The highest BCUT2D eigenvalue weighted by Crippen LogP contribution is 2.25. The Morgan fingerprint density at radius 2 is 1.76 bits per heavy atom. The van der Waals surface area contributed by atoms with Crippen molar-refractivity contribution in [3.63, 3.8) is 0 Å². The lowest BCUT2D eigenvalue weighted by atomic mass is 10.0. The lowest BCUT2D eigenvalue weighted by Crippen LogP contribution is -2.48. The molecule has 4 rings (SSSR count). The molecular weight excluding hydrogens is 459 g/mol. The number of amides is 1. The van der Waals surface area contributed by atoms with Crippen LogP contribution in [0.2, 0.25) is 0 Å². The van der Waals surface area contributed by atoms with Crippen LogP contribution >= 0.6 is 0 Å². The number of aromatic nitrogens is 2. The van der Waals surface area contributed by atoms with Crippen molar-refractivity contribution in [2.75, 3.05) is 13.1 Å². The maximum absolute atomic E-state index is 14.6. The maximum atomic E-state index is 14.6. The van der Waals surface area contributed by atoms with Gasteiger partial charge in [0.1, 0.15) is 17.7 Å². The SMILES string of the molecule is C[C@@H]1CN(S(=O)(=O)c2ccc(C(=O)N[C@H](c3ccccc3F)c3nccn3C)cc2)C[C@@H](C)O1. The number of carbonyl (C=O) groups excluding carboxylic acids is 1. The average Bonchev–Trinajstić information content (AvgIpc) is 3.23. The van der Waals surface area contributed by atoms with Crippen molar-refractivity contribution >= 4 is 15.9 Å². The first kappa shape index (κ1) is 24.1. The van der Waals surface area contributed by atoms with Crippen molar-refractivity contribution in [1.29, 1.82) is 0 Å². The Labute approximate surface area is 198 Å². The molecule has 1 aliphatic heterocycles. The van der Waals surface area contributed by atoms with E-state index in [1.165, 1.54) is 34.6 Å². The van der Waals surface area contributed by atoms with E-state index in [9.17, 15) is 17.6 Å². The van der Waals surface area contributed by atoms with Gasteiger partial charge in [-0.25, -0.2) is 17.8 Å².